The second kappa shape index (κ2) is 13.3. The Morgan fingerprint density at radius 3 is 2.00 bits per heavy atom. The molecule has 0 amide bonds. The van der Waals surface area contributed by atoms with Crippen molar-refractivity contribution in [3.05, 3.63) is 0 Å². The summed E-state index contributed by atoms with van der Waals surface area (Å²) in [5.41, 5.74) is 0. The van der Waals surface area contributed by atoms with Crippen molar-refractivity contribution in [2.75, 3.05) is 0 Å². The average Bonchev–Trinajstić information content (AvgIpc) is 2.53. The summed E-state index contributed by atoms with van der Waals surface area (Å²) in [4.78, 5) is 22.7. The maximum atomic E-state index is 11.7. The monoisotopic (exact) mass is 342 g/mol. The van der Waals surface area contributed by atoms with Gasteiger partial charge in [-0.1, -0.05) is 59.8 Å². The number of rotatable bonds is 15. The third kappa shape index (κ3) is 9.94. The van der Waals surface area contributed by atoms with Crippen molar-refractivity contribution in [3.8, 4) is 0 Å². The molecule has 4 atom stereocenters. The quantitative estimate of drug-likeness (QED) is 0.406. The van der Waals surface area contributed by atoms with Crippen LogP contribution in [0.4, 0.5) is 0 Å². The molecule has 0 aliphatic rings. The number of aliphatic carboxylic acids is 2. The third-order valence-corrected chi connectivity index (χ3v) is 5.37. The Hall–Kier alpha value is -1.06. The number of hydrogen-bond donors (Lipinski definition) is 2. The molecule has 2 N–H and O–H groups in total. The minimum atomic E-state index is -0.742. The largest absolute Gasteiger partial charge is 0.481 e. The lowest BCUT2D eigenvalue weighted by Crippen LogP contribution is -2.25. The fourth-order valence-electron chi connectivity index (χ4n) is 3.57. The first-order chi connectivity index (χ1) is 11.3. The molecule has 0 radical (unpaired) electrons. The highest BCUT2D eigenvalue weighted by Gasteiger charge is 2.27. The van der Waals surface area contributed by atoms with Gasteiger partial charge in [-0.25, -0.2) is 0 Å². The number of unbranched alkanes of at least 4 members (excludes halogenated alkanes) is 1. The molecule has 0 heterocycles. The van der Waals surface area contributed by atoms with E-state index in [1.807, 2.05) is 0 Å². The molecule has 4 nitrogen and oxygen atoms in total. The Bertz CT molecular complexity index is 354. The van der Waals surface area contributed by atoms with E-state index in [4.69, 9.17) is 5.11 Å². The highest BCUT2D eigenvalue weighted by molar-refractivity contribution is 5.70. The van der Waals surface area contributed by atoms with Gasteiger partial charge in [-0.05, 0) is 43.4 Å². The first kappa shape index (κ1) is 22.9. The molecule has 24 heavy (non-hydrogen) atoms. The van der Waals surface area contributed by atoms with E-state index in [1.54, 1.807) is 0 Å². The van der Waals surface area contributed by atoms with E-state index in [2.05, 4.69) is 27.7 Å². The lowest BCUT2D eigenvalue weighted by molar-refractivity contribution is -0.144. The number of carbonyl (C=O) groups is 2. The van der Waals surface area contributed by atoms with Crippen LogP contribution in [0.1, 0.15) is 91.9 Å². The van der Waals surface area contributed by atoms with Crippen molar-refractivity contribution in [1.82, 2.24) is 0 Å². The molecule has 0 aromatic carbocycles. The van der Waals surface area contributed by atoms with Gasteiger partial charge in [0.1, 0.15) is 0 Å². The van der Waals surface area contributed by atoms with Crippen molar-refractivity contribution in [2.45, 2.75) is 91.9 Å². The Morgan fingerprint density at radius 2 is 1.54 bits per heavy atom. The zero-order valence-corrected chi connectivity index (χ0v) is 16.1. The Kier molecular flexibility index (Phi) is 12.7. The van der Waals surface area contributed by atoms with E-state index in [9.17, 15) is 14.7 Å². The molecular weight excluding hydrogens is 304 g/mol. The van der Waals surface area contributed by atoms with Crippen LogP contribution in [0.25, 0.3) is 0 Å². The molecule has 0 spiro atoms. The van der Waals surface area contributed by atoms with Gasteiger partial charge in [-0.3, -0.25) is 9.59 Å². The molecule has 0 aliphatic carbocycles. The zero-order valence-electron chi connectivity index (χ0n) is 16.1. The first-order valence-electron chi connectivity index (χ1n) is 9.80. The minimum absolute atomic E-state index is 0.187. The smallest absolute Gasteiger partial charge is 0.306 e. The highest BCUT2D eigenvalue weighted by atomic mass is 16.4. The van der Waals surface area contributed by atoms with Crippen LogP contribution in [0.15, 0.2) is 0 Å². The summed E-state index contributed by atoms with van der Waals surface area (Å²) in [6, 6.07) is 0. The molecule has 0 bridgehead atoms. The Morgan fingerprint density at radius 1 is 0.917 bits per heavy atom. The normalized spacial score (nSPS) is 16.3. The van der Waals surface area contributed by atoms with Gasteiger partial charge in [0.2, 0.25) is 0 Å². The zero-order chi connectivity index (χ0) is 18.5. The van der Waals surface area contributed by atoms with Gasteiger partial charge in [0.25, 0.3) is 0 Å². The Balaban J connectivity index is 4.58. The summed E-state index contributed by atoms with van der Waals surface area (Å²) < 4.78 is 0. The van der Waals surface area contributed by atoms with Crippen molar-refractivity contribution >= 4 is 11.9 Å². The van der Waals surface area contributed by atoms with Crippen LogP contribution in [0.3, 0.4) is 0 Å². The summed E-state index contributed by atoms with van der Waals surface area (Å²) in [6.45, 7) is 8.53. The molecule has 142 valence electrons. The second-order valence-corrected chi connectivity index (χ2v) is 7.40. The SMILES string of the molecule is CCCCC(CCCC(C(=O)O)C(CC)CC(C)CC)CC(=O)O. The lowest BCUT2D eigenvalue weighted by atomic mass is 9.79. The average molecular weight is 343 g/mol. The predicted molar refractivity (Wildman–Crippen MR) is 98.1 cm³/mol. The van der Waals surface area contributed by atoms with Crippen LogP contribution in [0.5, 0.6) is 0 Å². The molecule has 0 saturated carbocycles. The van der Waals surface area contributed by atoms with Crippen LogP contribution in [-0.2, 0) is 9.59 Å². The molecular formula is C20H38O4. The molecule has 4 heteroatoms. The van der Waals surface area contributed by atoms with Crippen LogP contribution >= 0.6 is 0 Å². The van der Waals surface area contributed by atoms with Crippen molar-refractivity contribution in [1.29, 1.82) is 0 Å². The van der Waals surface area contributed by atoms with Gasteiger partial charge in [0.15, 0.2) is 0 Å². The molecule has 4 unspecified atom stereocenters. The van der Waals surface area contributed by atoms with Gasteiger partial charge >= 0.3 is 11.9 Å². The topological polar surface area (TPSA) is 74.6 Å². The van der Waals surface area contributed by atoms with E-state index in [1.165, 1.54) is 0 Å². The number of carboxylic acids is 2. The van der Waals surface area contributed by atoms with Crippen LogP contribution < -0.4 is 0 Å². The molecule has 0 aromatic heterocycles. The van der Waals surface area contributed by atoms with E-state index < -0.39 is 11.9 Å². The van der Waals surface area contributed by atoms with E-state index in [0.717, 1.165) is 51.4 Å². The van der Waals surface area contributed by atoms with Crippen molar-refractivity contribution in [2.24, 2.45) is 23.7 Å². The second-order valence-electron chi connectivity index (χ2n) is 7.40. The summed E-state index contributed by atoms with van der Waals surface area (Å²) in [5, 5.41) is 18.7. The number of carboxylic acid groups (broad SMARTS) is 2. The van der Waals surface area contributed by atoms with Gasteiger partial charge in [0, 0.05) is 6.42 Å². The third-order valence-electron chi connectivity index (χ3n) is 5.37. The standard InChI is InChI=1S/C20H38O4/c1-5-8-10-16(14-19(21)22)11-9-12-18(20(23)24)17(7-3)13-15(4)6-2/h15-18H,5-14H2,1-4H3,(H,21,22)(H,23,24). The predicted octanol–water partition coefficient (Wildman–Crippen LogP) is 5.60. The fourth-order valence-corrected chi connectivity index (χ4v) is 3.57. The molecule has 0 aromatic rings. The summed E-state index contributed by atoms with van der Waals surface area (Å²) in [7, 11) is 0. The van der Waals surface area contributed by atoms with Gasteiger partial charge in [-0.15, -0.1) is 0 Å². The van der Waals surface area contributed by atoms with E-state index >= 15 is 0 Å². The minimum Gasteiger partial charge on any atom is -0.481 e. The van der Waals surface area contributed by atoms with Crippen LogP contribution in [-0.4, -0.2) is 22.2 Å². The van der Waals surface area contributed by atoms with Crippen LogP contribution in [0.2, 0.25) is 0 Å². The maximum absolute atomic E-state index is 11.7. The van der Waals surface area contributed by atoms with Crippen molar-refractivity contribution in [3.63, 3.8) is 0 Å². The fraction of sp³-hybridized carbons (Fsp3) is 0.900. The molecule has 0 saturated heterocycles. The van der Waals surface area contributed by atoms with Gasteiger partial charge < -0.3 is 10.2 Å². The highest BCUT2D eigenvalue weighted by Crippen LogP contribution is 2.30. The first-order valence-corrected chi connectivity index (χ1v) is 9.80. The lowest BCUT2D eigenvalue weighted by Gasteiger charge is -2.26. The van der Waals surface area contributed by atoms with E-state index in [0.29, 0.717) is 12.3 Å². The van der Waals surface area contributed by atoms with Gasteiger partial charge in [-0.2, -0.15) is 0 Å². The molecule has 0 aliphatic heterocycles. The molecule has 0 fully saturated rings. The van der Waals surface area contributed by atoms with E-state index in [-0.39, 0.29) is 24.2 Å². The summed E-state index contributed by atoms with van der Waals surface area (Å²) in [5.74, 6) is -0.748. The maximum Gasteiger partial charge on any atom is 0.306 e. The summed E-state index contributed by atoms with van der Waals surface area (Å²) in [6.07, 6.45) is 8.53. The van der Waals surface area contributed by atoms with Crippen LogP contribution in [0, 0.1) is 23.7 Å². The molecule has 0 rings (SSSR count). The van der Waals surface area contributed by atoms with Crippen molar-refractivity contribution < 1.29 is 19.8 Å². The van der Waals surface area contributed by atoms with Gasteiger partial charge in [0.05, 0.1) is 5.92 Å². The number of hydrogen-bond acceptors (Lipinski definition) is 2. The Labute approximate surface area is 148 Å². The summed E-state index contributed by atoms with van der Waals surface area (Å²) >= 11 is 0.